The Bertz CT molecular complexity index is 1360. The normalized spacial score (nSPS) is 15.1. The van der Waals surface area contributed by atoms with Gasteiger partial charge in [0, 0.05) is 22.5 Å². The maximum atomic E-state index is 13.6. The van der Waals surface area contributed by atoms with Crippen molar-refractivity contribution in [3.05, 3.63) is 90.1 Å². The number of carbonyl (C=O) groups is 2. The van der Waals surface area contributed by atoms with E-state index in [-0.39, 0.29) is 18.4 Å². The number of carboxylic acid groups (broad SMARTS) is 1. The average Bonchev–Trinajstić information content (AvgIpc) is 3.17. The molecule has 1 heterocycles. The molecule has 1 N–H and O–H groups in total. The van der Waals surface area contributed by atoms with Crippen molar-refractivity contribution < 1.29 is 19.5 Å². The number of benzene rings is 3. The van der Waals surface area contributed by atoms with Gasteiger partial charge in [-0.15, -0.1) is 0 Å². The summed E-state index contributed by atoms with van der Waals surface area (Å²) in [5.74, 6) is -1.21. The van der Waals surface area contributed by atoms with Gasteiger partial charge in [-0.2, -0.15) is 5.06 Å². The maximum Gasteiger partial charge on any atom is 0.323 e. The molecule has 0 fully saturated rings. The number of aliphatic carboxylic acids is 1. The van der Waals surface area contributed by atoms with E-state index in [0.717, 1.165) is 33.3 Å². The summed E-state index contributed by atoms with van der Waals surface area (Å²) in [6.07, 6.45) is 1.84. The van der Waals surface area contributed by atoms with Crippen molar-refractivity contribution in [2.45, 2.75) is 25.8 Å². The van der Waals surface area contributed by atoms with Crippen molar-refractivity contribution in [1.82, 2.24) is 4.57 Å². The highest BCUT2D eigenvalue weighted by Gasteiger charge is 2.33. The van der Waals surface area contributed by atoms with Crippen LogP contribution in [0.25, 0.3) is 22.0 Å². The fourth-order valence-corrected chi connectivity index (χ4v) is 5.06. The highest BCUT2D eigenvalue weighted by molar-refractivity contribution is 5.95. The van der Waals surface area contributed by atoms with Crippen LogP contribution in [0.15, 0.2) is 78.9 Å². The van der Waals surface area contributed by atoms with Crippen LogP contribution in [0.5, 0.6) is 0 Å². The molecule has 1 aliphatic carbocycles. The summed E-state index contributed by atoms with van der Waals surface area (Å²) in [5.41, 5.74) is 5.75. The smallest absolute Gasteiger partial charge is 0.323 e. The van der Waals surface area contributed by atoms with Crippen molar-refractivity contribution in [2.24, 2.45) is 5.92 Å². The molecule has 172 valence electrons. The van der Waals surface area contributed by atoms with E-state index in [1.807, 2.05) is 83.4 Å². The number of aromatic nitrogens is 1. The van der Waals surface area contributed by atoms with E-state index in [1.54, 1.807) is 0 Å². The second-order valence-corrected chi connectivity index (χ2v) is 8.59. The Morgan fingerprint density at radius 3 is 2.50 bits per heavy atom. The highest BCUT2D eigenvalue weighted by atomic mass is 16.7. The third kappa shape index (κ3) is 3.97. The minimum atomic E-state index is -0.870. The van der Waals surface area contributed by atoms with Gasteiger partial charge >= 0.3 is 5.97 Å². The SMILES string of the molecule is CON(C(=O)C1CCc2c(c3ccccc3n2CC(=O)O)C1)c1cccc(-c2ccccc2)c1. The van der Waals surface area contributed by atoms with E-state index in [9.17, 15) is 14.7 Å². The minimum Gasteiger partial charge on any atom is -0.480 e. The minimum absolute atomic E-state index is 0.0784. The Morgan fingerprint density at radius 2 is 1.74 bits per heavy atom. The Kier molecular flexibility index (Phi) is 5.90. The number of fused-ring (bicyclic) bond motifs is 3. The molecule has 0 spiro atoms. The van der Waals surface area contributed by atoms with Crippen molar-refractivity contribution in [2.75, 3.05) is 12.2 Å². The van der Waals surface area contributed by atoms with Crippen molar-refractivity contribution in [3.63, 3.8) is 0 Å². The van der Waals surface area contributed by atoms with E-state index in [4.69, 9.17) is 4.84 Å². The van der Waals surface area contributed by atoms with Gasteiger partial charge in [-0.05, 0) is 54.2 Å². The molecule has 0 saturated heterocycles. The largest absolute Gasteiger partial charge is 0.480 e. The number of carbonyl (C=O) groups excluding carboxylic acids is 1. The molecule has 1 aromatic heterocycles. The van der Waals surface area contributed by atoms with Crippen LogP contribution in [0.4, 0.5) is 5.69 Å². The summed E-state index contributed by atoms with van der Waals surface area (Å²) in [6.45, 7) is -0.0784. The molecule has 1 unspecified atom stereocenters. The van der Waals surface area contributed by atoms with Crippen LogP contribution in [0.1, 0.15) is 17.7 Å². The van der Waals surface area contributed by atoms with Gasteiger partial charge in [0.25, 0.3) is 5.91 Å². The lowest BCUT2D eigenvalue weighted by Gasteiger charge is -2.28. The molecular formula is C28H26N2O4. The zero-order valence-electron chi connectivity index (χ0n) is 19.0. The van der Waals surface area contributed by atoms with Gasteiger partial charge in [0.15, 0.2) is 0 Å². The second kappa shape index (κ2) is 9.15. The van der Waals surface area contributed by atoms with Crippen LogP contribution in [0, 0.1) is 5.92 Å². The molecule has 6 nitrogen and oxygen atoms in total. The first-order chi connectivity index (χ1) is 16.6. The number of hydroxylamine groups is 1. The Balaban J connectivity index is 1.45. The first-order valence-electron chi connectivity index (χ1n) is 11.4. The number of nitrogens with zero attached hydrogens (tertiary/aromatic N) is 2. The van der Waals surface area contributed by atoms with Gasteiger partial charge in [-0.3, -0.25) is 14.4 Å². The molecule has 1 atom stereocenters. The summed E-state index contributed by atoms with van der Waals surface area (Å²) in [7, 11) is 1.51. The zero-order chi connectivity index (χ0) is 23.7. The number of carboxylic acids is 1. The van der Waals surface area contributed by atoms with Crippen molar-refractivity contribution in [3.8, 4) is 11.1 Å². The van der Waals surface area contributed by atoms with Crippen molar-refractivity contribution >= 4 is 28.5 Å². The lowest BCUT2D eigenvalue weighted by molar-refractivity contribution is -0.137. The molecule has 4 aromatic rings. The number of hydrogen-bond acceptors (Lipinski definition) is 3. The van der Waals surface area contributed by atoms with Crippen LogP contribution in [0.3, 0.4) is 0 Å². The van der Waals surface area contributed by atoms with Gasteiger partial charge in [0.05, 0.1) is 12.8 Å². The van der Waals surface area contributed by atoms with Crippen LogP contribution in [-0.4, -0.2) is 28.7 Å². The Morgan fingerprint density at radius 1 is 1.00 bits per heavy atom. The first kappa shape index (κ1) is 21.9. The summed E-state index contributed by atoms with van der Waals surface area (Å²) < 4.78 is 1.88. The molecule has 3 aromatic carbocycles. The molecule has 1 aliphatic rings. The molecule has 6 heteroatoms. The fraction of sp³-hybridized carbons (Fsp3) is 0.214. The van der Waals surface area contributed by atoms with E-state index in [2.05, 4.69) is 0 Å². The van der Waals surface area contributed by atoms with Crippen LogP contribution in [0.2, 0.25) is 0 Å². The lowest BCUT2D eigenvalue weighted by atomic mass is 9.85. The van der Waals surface area contributed by atoms with Gasteiger partial charge in [0.2, 0.25) is 0 Å². The summed E-state index contributed by atoms with van der Waals surface area (Å²) >= 11 is 0. The zero-order valence-corrected chi connectivity index (χ0v) is 19.0. The van der Waals surface area contributed by atoms with E-state index in [0.29, 0.717) is 24.9 Å². The number of rotatable bonds is 6. The molecule has 0 saturated carbocycles. The lowest BCUT2D eigenvalue weighted by Crippen LogP contribution is -2.38. The highest BCUT2D eigenvalue weighted by Crippen LogP contribution is 2.36. The van der Waals surface area contributed by atoms with Gasteiger partial charge < -0.3 is 9.67 Å². The average molecular weight is 455 g/mol. The number of hydrogen-bond donors (Lipinski definition) is 1. The van der Waals surface area contributed by atoms with E-state index >= 15 is 0 Å². The van der Waals surface area contributed by atoms with E-state index < -0.39 is 5.97 Å². The summed E-state index contributed by atoms with van der Waals surface area (Å²) in [6, 6.07) is 25.6. The third-order valence-corrected chi connectivity index (χ3v) is 6.59. The van der Waals surface area contributed by atoms with Crippen molar-refractivity contribution in [1.29, 1.82) is 0 Å². The standard InChI is InChI=1S/C28H26N2O4/c1-34-30(22-11-7-10-20(16-22)19-8-3-2-4-9-19)28(33)21-14-15-26-24(17-21)23-12-5-6-13-25(23)29(26)18-27(31)32/h2-13,16,21H,14-15,17-18H2,1H3,(H,31,32). The Labute approximate surface area is 198 Å². The molecule has 5 rings (SSSR count). The predicted molar refractivity (Wildman–Crippen MR) is 131 cm³/mol. The van der Waals surface area contributed by atoms with E-state index in [1.165, 1.54) is 12.2 Å². The van der Waals surface area contributed by atoms with Crippen LogP contribution >= 0.6 is 0 Å². The molecule has 0 bridgehead atoms. The molecule has 0 radical (unpaired) electrons. The third-order valence-electron chi connectivity index (χ3n) is 6.59. The first-order valence-corrected chi connectivity index (χ1v) is 11.4. The summed E-state index contributed by atoms with van der Waals surface area (Å²) in [4.78, 5) is 30.7. The maximum absolute atomic E-state index is 13.6. The quantitative estimate of drug-likeness (QED) is 0.412. The topological polar surface area (TPSA) is 71.8 Å². The van der Waals surface area contributed by atoms with Gasteiger partial charge in [-0.25, -0.2) is 0 Å². The van der Waals surface area contributed by atoms with Crippen LogP contribution in [-0.2, 0) is 33.8 Å². The second-order valence-electron chi connectivity index (χ2n) is 8.59. The summed E-state index contributed by atoms with van der Waals surface area (Å²) in [5, 5.41) is 11.8. The van der Waals surface area contributed by atoms with Crippen LogP contribution < -0.4 is 5.06 Å². The molecule has 0 aliphatic heterocycles. The number of anilines is 1. The predicted octanol–water partition coefficient (Wildman–Crippen LogP) is 5.09. The fourth-order valence-electron chi connectivity index (χ4n) is 5.06. The Hall–Kier alpha value is -3.90. The van der Waals surface area contributed by atoms with Gasteiger partial charge in [-0.1, -0.05) is 60.7 Å². The van der Waals surface area contributed by atoms with Gasteiger partial charge in [0.1, 0.15) is 6.54 Å². The monoisotopic (exact) mass is 454 g/mol. The molecular weight excluding hydrogens is 428 g/mol. The number of amides is 1. The number of para-hydroxylation sites is 1. The molecule has 1 amide bonds. The molecule has 34 heavy (non-hydrogen) atoms.